The molecule has 3 heteroatoms. The second kappa shape index (κ2) is 7.28. The molecule has 1 fully saturated rings. The van der Waals surface area contributed by atoms with Crippen molar-refractivity contribution in [2.75, 3.05) is 44.2 Å². The maximum absolute atomic E-state index is 3.57. The first kappa shape index (κ1) is 16.3. The summed E-state index contributed by atoms with van der Waals surface area (Å²) in [6.07, 6.45) is 0. The van der Waals surface area contributed by atoms with Gasteiger partial charge in [-0.05, 0) is 17.5 Å². The minimum absolute atomic E-state index is 0.333. The normalized spacial score (nSPS) is 17.5. The van der Waals surface area contributed by atoms with E-state index in [0.29, 0.717) is 11.5 Å². The zero-order chi connectivity index (χ0) is 15.3. The Labute approximate surface area is 130 Å². The van der Waals surface area contributed by atoms with E-state index in [4.69, 9.17) is 0 Å². The zero-order valence-corrected chi connectivity index (χ0v) is 14.1. The summed E-state index contributed by atoms with van der Waals surface area (Å²) in [7, 11) is 0. The first-order valence-electron chi connectivity index (χ1n) is 8.22. The summed E-state index contributed by atoms with van der Waals surface area (Å²) in [5.74, 6) is 0. The van der Waals surface area contributed by atoms with Crippen molar-refractivity contribution >= 4 is 5.69 Å². The van der Waals surface area contributed by atoms with Crippen LogP contribution in [0.2, 0.25) is 0 Å². The molecule has 1 aliphatic rings. The van der Waals surface area contributed by atoms with Gasteiger partial charge in [0.25, 0.3) is 0 Å². The van der Waals surface area contributed by atoms with Crippen LogP contribution in [0, 0.1) is 5.41 Å². The Morgan fingerprint density at radius 1 is 1.05 bits per heavy atom. The highest BCUT2D eigenvalue weighted by molar-refractivity contribution is 5.46. The van der Waals surface area contributed by atoms with E-state index >= 15 is 0 Å². The van der Waals surface area contributed by atoms with E-state index in [-0.39, 0.29) is 0 Å². The van der Waals surface area contributed by atoms with E-state index in [1.54, 1.807) is 0 Å². The second-order valence-corrected chi connectivity index (χ2v) is 7.30. The van der Waals surface area contributed by atoms with Crippen molar-refractivity contribution in [2.45, 2.75) is 33.7 Å². The van der Waals surface area contributed by atoms with Crippen molar-refractivity contribution < 1.29 is 0 Å². The molecule has 1 N–H and O–H groups in total. The fraction of sp³-hybridized carbons (Fsp3) is 0.667. The SMILES string of the molecule is CC(C)NCC(C)(C)CN1CCN(c2ccccc2)CC1. The van der Waals surface area contributed by atoms with Crippen LogP contribution in [0.25, 0.3) is 0 Å². The van der Waals surface area contributed by atoms with Gasteiger partial charge in [0.1, 0.15) is 0 Å². The maximum atomic E-state index is 3.57. The van der Waals surface area contributed by atoms with Crippen molar-refractivity contribution in [1.29, 1.82) is 0 Å². The lowest BCUT2D eigenvalue weighted by molar-refractivity contribution is 0.164. The smallest absolute Gasteiger partial charge is 0.0367 e. The van der Waals surface area contributed by atoms with Crippen molar-refractivity contribution in [2.24, 2.45) is 5.41 Å². The Hall–Kier alpha value is -1.06. The van der Waals surface area contributed by atoms with Crippen LogP contribution in [-0.4, -0.2) is 50.2 Å². The zero-order valence-electron chi connectivity index (χ0n) is 14.1. The highest BCUT2D eigenvalue weighted by atomic mass is 15.3. The van der Waals surface area contributed by atoms with Crippen LogP contribution in [0.15, 0.2) is 30.3 Å². The maximum Gasteiger partial charge on any atom is 0.0367 e. The minimum atomic E-state index is 0.333. The third-order valence-corrected chi connectivity index (χ3v) is 4.13. The summed E-state index contributed by atoms with van der Waals surface area (Å²) in [5, 5.41) is 3.57. The summed E-state index contributed by atoms with van der Waals surface area (Å²) in [6.45, 7) is 16.0. The van der Waals surface area contributed by atoms with Gasteiger partial charge in [0.15, 0.2) is 0 Å². The molecule has 1 aromatic rings. The lowest BCUT2D eigenvalue weighted by atomic mass is 9.92. The Morgan fingerprint density at radius 3 is 2.24 bits per heavy atom. The Bertz CT molecular complexity index is 406. The van der Waals surface area contributed by atoms with Gasteiger partial charge in [-0.3, -0.25) is 4.90 Å². The average Bonchev–Trinajstić information content (AvgIpc) is 2.47. The molecule has 1 heterocycles. The number of piperazine rings is 1. The summed E-state index contributed by atoms with van der Waals surface area (Å²) in [6, 6.07) is 11.3. The van der Waals surface area contributed by atoms with Crippen molar-refractivity contribution in [3.63, 3.8) is 0 Å². The van der Waals surface area contributed by atoms with E-state index in [1.165, 1.54) is 25.3 Å². The predicted octanol–water partition coefficient (Wildman–Crippen LogP) is 2.83. The molecule has 1 aromatic carbocycles. The molecule has 3 nitrogen and oxygen atoms in total. The summed E-state index contributed by atoms with van der Waals surface area (Å²) < 4.78 is 0. The third kappa shape index (κ3) is 5.33. The molecule has 0 radical (unpaired) electrons. The number of hydrogen-bond donors (Lipinski definition) is 1. The van der Waals surface area contributed by atoms with Crippen molar-refractivity contribution in [3.8, 4) is 0 Å². The number of nitrogens with zero attached hydrogens (tertiary/aromatic N) is 2. The van der Waals surface area contributed by atoms with Gasteiger partial charge >= 0.3 is 0 Å². The monoisotopic (exact) mass is 289 g/mol. The largest absolute Gasteiger partial charge is 0.369 e. The molecule has 1 saturated heterocycles. The van der Waals surface area contributed by atoms with Gasteiger partial charge in [-0.25, -0.2) is 0 Å². The first-order valence-corrected chi connectivity index (χ1v) is 8.22. The molecule has 0 saturated carbocycles. The van der Waals surface area contributed by atoms with E-state index in [0.717, 1.165) is 19.6 Å². The van der Waals surface area contributed by atoms with E-state index < -0.39 is 0 Å². The molecule has 0 spiro atoms. The molecule has 0 aliphatic carbocycles. The van der Waals surface area contributed by atoms with Gasteiger partial charge in [0, 0.05) is 51.0 Å². The fourth-order valence-electron chi connectivity index (χ4n) is 2.94. The van der Waals surface area contributed by atoms with Crippen LogP contribution in [-0.2, 0) is 0 Å². The lowest BCUT2D eigenvalue weighted by Crippen LogP contribution is -2.50. The molecule has 0 atom stereocenters. The minimum Gasteiger partial charge on any atom is -0.369 e. The number of nitrogens with one attached hydrogen (secondary N) is 1. The summed E-state index contributed by atoms with van der Waals surface area (Å²) in [4.78, 5) is 5.11. The van der Waals surface area contributed by atoms with E-state index in [1.807, 2.05) is 0 Å². The van der Waals surface area contributed by atoms with E-state index in [9.17, 15) is 0 Å². The number of para-hydroxylation sites is 1. The average molecular weight is 289 g/mol. The van der Waals surface area contributed by atoms with Crippen LogP contribution >= 0.6 is 0 Å². The molecule has 0 unspecified atom stereocenters. The quantitative estimate of drug-likeness (QED) is 0.869. The Kier molecular flexibility index (Phi) is 5.65. The molecule has 0 bridgehead atoms. The van der Waals surface area contributed by atoms with Crippen LogP contribution in [0.3, 0.4) is 0 Å². The molecule has 2 rings (SSSR count). The van der Waals surface area contributed by atoms with Crippen LogP contribution in [0.1, 0.15) is 27.7 Å². The van der Waals surface area contributed by atoms with Gasteiger partial charge in [-0.15, -0.1) is 0 Å². The third-order valence-electron chi connectivity index (χ3n) is 4.13. The van der Waals surface area contributed by atoms with Crippen LogP contribution < -0.4 is 10.2 Å². The van der Waals surface area contributed by atoms with Crippen LogP contribution in [0.4, 0.5) is 5.69 Å². The second-order valence-electron chi connectivity index (χ2n) is 7.30. The topological polar surface area (TPSA) is 18.5 Å². The first-order chi connectivity index (χ1) is 9.96. The lowest BCUT2D eigenvalue weighted by Gasteiger charge is -2.40. The highest BCUT2D eigenvalue weighted by Crippen LogP contribution is 2.20. The molecule has 1 aliphatic heterocycles. The Balaban J connectivity index is 1.78. The fourth-order valence-corrected chi connectivity index (χ4v) is 2.94. The number of hydrogen-bond acceptors (Lipinski definition) is 3. The van der Waals surface area contributed by atoms with Gasteiger partial charge in [-0.1, -0.05) is 45.9 Å². The molecule has 118 valence electrons. The van der Waals surface area contributed by atoms with Crippen molar-refractivity contribution in [1.82, 2.24) is 10.2 Å². The molecule has 0 amide bonds. The molecular formula is C18H31N3. The number of anilines is 1. The van der Waals surface area contributed by atoms with Gasteiger partial charge in [-0.2, -0.15) is 0 Å². The van der Waals surface area contributed by atoms with E-state index in [2.05, 4.69) is 73.1 Å². The van der Waals surface area contributed by atoms with Gasteiger partial charge in [0.2, 0.25) is 0 Å². The molecular weight excluding hydrogens is 258 g/mol. The Morgan fingerprint density at radius 2 is 1.67 bits per heavy atom. The summed E-state index contributed by atoms with van der Waals surface area (Å²) >= 11 is 0. The van der Waals surface area contributed by atoms with Gasteiger partial charge in [0.05, 0.1) is 0 Å². The predicted molar refractivity (Wildman–Crippen MR) is 92.0 cm³/mol. The van der Waals surface area contributed by atoms with Crippen LogP contribution in [0.5, 0.6) is 0 Å². The molecule has 21 heavy (non-hydrogen) atoms. The highest BCUT2D eigenvalue weighted by Gasteiger charge is 2.25. The molecule has 0 aromatic heterocycles. The number of rotatable bonds is 6. The number of benzene rings is 1. The standard InChI is InChI=1S/C18H31N3/c1-16(2)19-14-18(3,4)15-20-10-12-21(13-11-20)17-8-6-5-7-9-17/h5-9,16,19H,10-15H2,1-4H3. The van der Waals surface area contributed by atoms with Crippen molar-refractivity contribution in [3.05, 3.63) is 30.3 Å². The van der Waals surface area contributed by atoms with Gasteiger partial charge < -0.3 is 10.2 Å². The summed E-state index contributed by atoms with van der Waals surface area (Å²) in [5.41, 5.74) is 1.69.